The molecule has 1 aliphatic rings. The van der Waals surface area contributed by atoms with Crippen LogP contribution in [-0.4, -0.2) is 92.2 Å². The van der Waals surface area contributed by atoms with Gasteiger partial charge in [0.25, 0.3) is 0 Å². The summed E-state index contributed by atoms with van der Waals surface area (Å²) in [5, 5.41) is 3.45. The van der Waals surface area contributed by atoms with Crippen LogP contribution in [0.4, 0.5) is 5.95 Å². The van der Waals surface area contributed by atoms with Crippen LogP contribution in [0.2, 0.25) is 0 Å². The number of rotatable bonds is 8. The van der Waals surface area contributed by atoms with E-state index < -0.39 is 0 Å². The van der Waals surface area contributed by atoms with Crippen LogP contribution in [0.3, 0.4) is 0 Å². The highest BCUT2D eigenvalue weighted by Gasteiger charge is 2.18. The van der Waals surface area contributed by atoms with E-state index in [2.05, 4.69) is 35.0 Å². The molecule has 0 atom stereocenters. The van der Waals surface area contributed by atoms with Gasteiger partial charge in [-0.1, -0.05) is 18.2 Å². The largest absolute Gasteiger partial charge is 0.492 e. The molecule has 0 aliphatic carbocycles. The van der Waals surface area contributed by atoms with Gasteiger partial charge in [0, 0.05) is 65.8 Å². The molecule has 164 valence electrons. The number of hydrogen-bond donors (Lipinski definition) is 1. The number of para-hydroxylation sites is 1. The van der Waals surface area contributed by atoms with Gasteiger partial charge in [-0.05, 0) is 18.2 Å². The molecule has 9 heteroatoms. The lowest BCUT2D eigenvalue weighted by Crippen LogP contribution is -2.50. The van der Waals surface area contributed by atoms with E-state index in [9.17, 15) is 0 Å². The molecule has 30 heavy (non-hydrogen) atoms. The third kappa shape index (κ3) is 7.60. The normalized spacial score (nSPS) is 14.7. The Bertz CT molecular complexity index is 740. The first-order valence-corrected chi connectivity index (χ1v) is 10.1. The maximum absolute atomic E-state index is 5.77. The van der Waals surface area contributed by atoms with Crippen LogP contribution in [0.15, 0.2) is 53.8 Å². The van der Waals surface area contributed by atoms with Crippen molar-refractivity contribution in [1.29, 1.82) is 0 Å². The first-order chi connectivity index (χ1) is 14.3. The maximum Gasteiger partial charge on any atom is 0.225 e. The number of aromatic nitrogens is 2. The van der Waals surface area contributed by atoms with Crippen molar-refractivity contribution in [2.24, 2.45) is 4.99 Å². The molecule has 8 nitrogen and oxygen atoms in total. The fourth-order valence-electron chi connectivity index (χ4n) is 3.26. The summed E-state index contributed by atoms with van der Waals surface area (Å²) in [6.07, 6.45) is 3.59. The molecule has 1 fully saturated rings. The smallest absolute Gasteiger partial charge is 0.225 e. The highest BCUT2D eigenvalue weighted by Crippen LogP contribution is 2.09. The summed E-state index contributed by atoms with van der Waals surface area (Å²) in [7, 11) is 3.85. The van der Waals surface area contributed by atoms with Crippen molar-refractivity contribution in [2.75, 3.05) is 71.4 Å². The Labute approximate surface area is 196 Å². The number of nitrogens with one attached hydrogen (secondary N) is 1. The highest BCUT2D eigenvalue weighted by molar-refractivity contribution is 14.0. The van der Waals surface area contributed by atoms with Gasteiger partial charge in [0.15, 0.2) is 5.96 Å². The number of halogens is 1. The number of aliphatic imine (C=N–C) groups is 1. The number of anilines is 1. The molecule has 0 amide bonds. The van der Waals surface area contributed by atoms with Gasteiger partial charge in [-0.25, -0.2) is 9.97 Å². The Morgan fingerprint density at radius 2 is 1.80 bits per heavy atom. The second-order valence-corrected chi connectivity index (χ2v) is 6.93. The van der Waals surface area contributed by atoms with Crippen molar-refractivity contribution < 1.29 is 4.74 Å². The number of hydrogen-bond acceptors (Lipinski definition) is 6. The summed E-state index contributed by atoms with van der Waals surface area (Å²) < 4.78 is 5.77. The zero-order valence-electron chi connectivity index (χ0n) is 17.8. The molecular weight excluding hydrogens is 493 g/mol. The monoisotopic (exact) mass is 525 g/mol. The number of likely N-dealkylation sites (N-methyl/N-ethyl adjacent to an activating group) is 1. The molecule has 0 saturated carbocycles. The summed E-state index contributed by atoms with van der Waals surface area (Å²) in [5.41, 5.74) is 0. The average molecular weight is 525 g/mol. The SMILES string of the molecule is CN=C(NCCN1CCN(c2ncccn2)CC1)N(C)CCOc1ccccc1.I. The summed E-state index contributed by atoms with van der Waals surface area (Å²) in [4.78, 5) is 19.8. The van der Waals surface area contributed by atoms with E-state index in [-0.39, 0.29) is 24.0 Å². The molecule has 1 saturated heterocycles. The minimum atomic E-state index is 0. The molecule has 0 spiro atoms. The van der Waals surface area contributed by atoms with E-state index in [1.165, 1.54) is 0 Å². The zero-order valence-corrected chi connectivity index (χ0v) is 20.1. The first-order valence-electron chi connectivity index (χ1n) is 10.1. The van der Waals surface area contributed by atoms with Gasteiger partial charge in [-0.15, -0.1) is 24.0 Å². The van der Waals surface area contributed by atoms with E-state index in [4.69, 9.17) is 4.74 Å². The van der Waals surface area contributed by atoms with Gasteiger partial charge >= 0.3 is 0 Å². The van der Waals surface area contributed by atoms with Crippen molar-refractivity contribution in [3.8, 4) is 5.75 Å². The van der Waals surface area contributed by atoms with Gasteiger partial charge in [-0.2, -0.15) is 0 Å². The van der Waals surface area contributed by atoms with E-state index in [0.717, 1.165) is 63.5 Å². The Morgan fingerprint density at radius 1 is 1.10 bits per heavy atom. The molecular formula is C21H32IN7O. The minimum absolute atomic E-state index is 0. The van der Waals surface area contributed by atoms with Crippen molar-refractivity contribution in [2.45, 2.75) is 0 Å². The fourth-order valence-corrected chi connectivity index (χ4v) is 3.26. The van der Waals surface area contributed by atoms with Crippen LogP contribution in [0.1, 0.15) is 0 Å². The van der Waals surface area contributed by atoms with Gasteiger partial charge in [0.05, 0.1) is 6.54 Å². The Kier molecular flexibility index (Phi) is 10.6. The van der Waals surface area contributed by atoms with Crippen molar-refractivity contribution >= 4 is 35.9 Å². The number of ether oxygens (including phenoxy) is 1. The zero-order chi connectivity index (χ0) is 20.3. The van der Waals surface area contributed by atoms with Crippen molar-refractivity contribution in [3.05, 3.63) is 48.8 Å². The molecule has 1 aliphatic heterocycles. The van der Waals surface area contributed by atoms with Crippen LogP contribution >= 0.6 is 24.0 Å². The predicted octanol–water partition coefficient (Wildman–Crippen LogP) is 1.80. The second-order valence-electron chi connectivity index (χ2n) is 6.93. The van der Waals surface area contributed by atoms with Gasteiger partial charge in [-0.3, -0.25) is 9.89 Å². The molecule has 0 unspecified atom stereocenters. The minimum Gasteiger partial charge on any atom is -0.492 e. The number of guanidine groups is 1. The first kappa shape index (κ1) is 24.1. The second kappa shape index (κ2) is 13.2. The fraction of sp³-hybridized carbons (Fsp3) is 0.476. The topological polar surface area (TPSA) is 69.1 Å². The molecule has 1 N–H and O–H groups in total. The number of nitrogens with zero attached hydrogens (tertiary/aromatic N) is 6. The Balaban J connectivity index is 0.00000320. The third-order valence-electron chi connectivity index (χ3n) is 4.93. The highest BCUT2D eigenvalue weighted by atomic mass is 127. The van der Waals surface area contributed by atoms with Crippen LogP contribution in [0, 0.1) is 0 Å². The molecule has 2 aromatic rings. The van der Waals surface area contributed by atoms with E-state index >= 15 is 0 Å². The van der Waals surface area contributed by atoms with Crippen LogP contribution in [0.25, 0.3) is 0 Å². The quantitative estimate of drug-likeness (QED) is 0.320. The standard InChI is InChI=1S/C21H31N7O.HI/c1-22-20(26(2)17-18-29-19-7-4-3-5-8-19)25-11-12-27-13-15-28(16-14-27)21-23-9-6-10-24-21;/h3-10H,11-18H2,1-2H3,(H,22,25);1H. The van der Waals surface area contributed by atoms with E-state index in [1.54, 1.807) is 12.4 Å². The third-order valence-corrected chi connectivity index (χ3v) is 4.93. The molecule has 3 rings (SSSR count). The van der Waals surface area contributed by atoms with Crippen LogP contribution in [-0.2, 0) is 0 Å². The van der Waals surface area contributed by atoms with Crippen molar-refractivity contribution in [3.63, 3.8) is 0 Å². The van der Waals surface area contributed by atoms with E-state index in [1.807, 2.05) is 50.5 Å². The molecule has 1 aromatic heterocycles. The molecule has 0 bridgehead atoms. The van der Waals surface area contributed by atoms with Crippen LogP contribution < -0.4 is 15.0 Å². The lowest BCUT2D eigenvalue weighted by Gasteiger charge is -2.34. The van der Waals surface area contributed by atoms with Crippen LogP contribution in [0.5, 0.6) is 5.75 Å². The Morgan fingerprint density at radius 3 is 2.47 bits per heavy atom. The molecule has 1 aromatic carbocycles. The van der Waals surface area contributed by atoms with Gasteiger partial charge in [0.2, 0.25) is 5.95 Å². The predicted molar refractivity (Wildman–Crippen MR) is 132 cm³/mol. The maximum atomic E-state index is 5.77. The van der Waals surface area contributed by atoms with Crippen molar-refractivity contribution in [1.82, 2.24) is 25.1 Å². The lowest BCUT2D eigenvalue weighted by atomic mass is 10.3. The van der Waals surface area contributed by atoms with Gasteiger partial charge < -0.3 is 19.9 Å². The Hall–Kier alpha value is -2.14. The molecule has 2 heterocycles. The number of benzene rings is 1. The summed E-state index contributed by atoms with van der Waals surface area (Å²) >= 11 is 0. The average Bonchev–Trinajstić information content (AvgIpc) is 2.78. The number of piperazine rings is 1. The van der Waals surface area contributed by atoms with E-state index in [0.29, 0.717) is 6.61 Å². The molecule has 0 radical (unpaired) electrons. The summed E-state index contributed by atoms with van der Waals surface area (Å²) in [6.45, 7) is 7.16. The lowest BCUT2D eigenvalue weighted by molar-refractivity contribution is 0.257. The summed E-state index contributed by atoms with van der Waals surface area (Å²) in [5.74, 6) is 2.60. The van der Waals surface area contributed by atoms with Gasteiger partial charge in [0.1, 0.15) is 12.4 Å². The summed E-state index contributed by atoms with van der Waals surface area (Å²) in [6, 6.07) is 11.7.